The third-order valence-corrected chi connectivity index (χ3v) is 4.68. The van der Waals surface area contributed by atoms with Crippen LogP contribution in [0.1, 0.15) is 52.8 Å². The maximum atomic E-state index is 13.8. The van der Waals surface area contributed by atoms with Crippen LogP contribution in [0.3, 0.4) is 0 Å². The summed E-state index contributed by atoms with van der Waals surface area (Å²) in [7, 11) is 0. The molecule has 0 fully saturated rings. The predicted molar refractivity (Wildman–Crippen MR) is 97.0 cm³/mol. The van der Waals surface area contributed by atoms with Crippen molar-refractivity contribution in [1.82, 2.24) is 9.88 Å². The number of aryl methyl sites for hydroxylation is 1. The first-order valence-electron chi connectivity index (χ1n) is 8.87. The van der Waals surface area contributed by atoms with Crippen LogP contribution >= 0.6 is 0 Å². The van der Waals surface area contributed by atoms with Gasteiger partial charge in [-0.1, -0.05) is 0 Å². The summed E-state index contributed by atoms with van der Waals surface area (Å²) in [5.74, 6) is 0.240. The molecule has 0 saturated heterocycles. The second-order valence-electron chi connectivity index (χ2n) is 6.92. The first kappa shape index (κ1) is 18.5. The van der Waals surface area contributed by atoms with Gasteiger partial charge in [0.05, 0.1) is 12.2 Å². The maximum absolute atomic E-state index is 13.8. The fourth-order valence-corrected chi connectivity index (χ4v) is 3.65. The predicted octanol–water partition coefficient (Wildman–Crippen LogP) is 3.66. The number of aromatic nitrogens is 1. The monoisotopic (exact) mass is 360 g/mol. The van der Waals surface area contributed by atoms with Crippen LogP contribution in [-0.2, 0) is 17.8 Å². The summed E-state index contributed by atoms with van der Waals surface area (Å²) >= 11 is 0. The molecule has 2 heterocycles. The van der Waals surface area contributed by atoms with E-state index in [0.717, 1.165) is 17.0 Å². The molecule has 2 aromatic rings. The van der Waals surface area contributed by atoms with E-state index in [-0.39, 0.29) is 18.5 Å². The third-order valence-electron chi connectivity index (χ3n) is 4.68. The summed E-state index contributed by atoms with van der Waals surface area (Å²) in [5, 5.41) is 2.93. The van der Waals surface area contributed by atoms with Crippen LogP contribution in [0.4, 0.5) is 4.39 Å². The first-order chi connectivity index (χ1) is 12.4. The van der Waals surface area contributed by atoms with Crippen LogP contribution in [0.5, 0.6) is 5.75 Å². The molecule has 1 aromatic heterocycles. The molecule has 0 unspecified atom stereocenters. The Morgan fingerprint density at radius 2 is 2.08 bits per heavy atom. The van der Waals surface area contributed by atoms with Gasteiger partial charge in [0.15, 0.2) is 6.79 Å². The number of fused-ring (bicyclic) bond motifs is 1. The van der Waals surface area contributed by atoms with Gasteiger partial charge in [0.1, 0.15) is 11.6 Å². The molecular formula is C20H25FN2O3. The number of hydrogen-bond donors (Lipinski definition) is 1. The van der Waals surface area contributed by atoms with Crippen LogP contribution < -0.4 is 10.1 Å². The van der Waals surface area contributed by atoms with Crippen molar-refractivity contribution in [3.8, 4) is 5.75 Å². The van der Waals surface area contributed by atoms with E-state index in [0.29, 0.717) is 42.5 Å². The van der Waals surface area contributed by atoms with E-state index in [1.807, 2.05) is 19.9 Å². The number of nitrogens with zero attached hydrogens (tertiary/aromatic N) is 1. The average Bonchev–Trinajstić information content (AvgIpc) is 2.89. The molecule has 0 saturated carbocycles. The van der Waals surface area contributed by atoms with Crippen molar-refractivity contribution in [1.29, 1.82) is 0 Å². The van der Waals surface area contributed by atoms with Gasteiger partial charge in [0.2, 0.25) is 0 Å². The van der Waals surface area contributed by atoms with Gasteiger partial charge in [0, 0.05) is 29.5 Å². The van der Waals surface area contributed by atoms with Crippen molar-refractivity contribution < 1.29 is 18.7 Å². The summed E-state index contributed by atoms with van der Waals surface area (Å²) in [6, 6.07) is 5.10. The number of benzene rings is 1. The second-order valence-corrected chi connectivity index (χ2v) is 6.92. The molecule has 26 heavy (non-hydrogen) atoms. The van der Waals surface area contributed by atoms with Crippen molar-refractivity contribution in [3.05, 3.63) is 52.1 Å². The SMILES string of the molecule is Cc1cc(C(=O)NCCc2cc(F)cc3c2OCOC3)c(C)n1C(C)C. The van der Waals surface area contributed by atoms with E-state index in [1.165, 1.54) is 12.1 Å². The summed E-state index contributed by atoms with van der Waals surface area (Å²) in [5.41, 5.74) is 4.16. The molecular weight excluding hydrogens is 335 g/mol. The molecule has 3 rings (SSSR count). The van der Waals surface area contributed by atoms with Crippen molar-refractivity contribution in [3.63, 3.8) is 0 Å². The minimum Gasteiger partial charge on any atom is -0.467 e. The lowest BCUT2D eigenvalue weighted by Crippen LogP contribution is -2.26. The maximum Gasteiger partial charge on any atom is 0.253 e. The summed E-state index contributed by atoms with van der Waals surface area (Å²) in [4.78, 5) is 12.5. The van der Waals surface area contributed by atoms with Gasteiger partial charge in [-0.3, -0.25) is 4.79 Å². The standard InChI is InChI=1S/C20H25FN2O3/c1-12(2)23-13(3)7-18(14(23)4)20(24)22-6-5-15-8-17(21)9-16-10-25-11-26-19(15)16/h7-9,12H,5-6,10-11H2,1-4H3,(H,22,24). The van der Waals surface area contributed by atoms with E-state index in [2.05, 4.69) is 23.7 Å². The molecule has 0 atom stereocenters. The largest absolute Gasteiger partial charge is 0.467 e. The van der Waals surface area contributed by atoms with Gasteiger partial charge >= 0.3 is 0 Å². The Hall–Kier alpha value is -2.34. The number of halogens is 1. The molecule has 1 aliphatic heterocycles. The van der Waals surface area contributed by atoms with Crippen molar-refractivity contribution >= 4 is 5.91 Å². The zero-order valence-corrected chi connectivity index (χ0v) is 15.7. The number of carbonyl (C=O) groups is 1. The molecule has 0 aliphatic carbocycles. The molecule has 1 aromatic carbocycles. The van der Waals surface area contributed by atoms with Gasteiger partial charge in [-0.15, -0.1) is 0 Å². The molecule has 0 bridgehead atoms. The lowest BCUT2D eigenvalue weighted by Gasteiger charge is -2.21. The van der Waals surface area contributed by atoms with Gasteiger partial charge in [0.25, 0.3) is 5.91 Å². The topological polar surface area (TPSA) is 52.5 Å². The first-order valence-corrected chi connectivity index (χ1v) is 8.87. The van der Waals surface area contributed by atoms with Gasteiger partial charge in [-0.25, -0.2) is 4.39 Å². The molecule has 140 valence electrons. The fourth-order valence-electron chi connectivity index (χ4n) is 3.65. The van der Waals surface area contributed by atoms with Crippen LogP contribution in [-0.4, -0.2) is 23.8 Å². The van der Waals surface area contributed by atoms with Crippen LogP contribution in [0.15, 0.2) is 18.2 Å². The number of hydrogen-bond acceptors (Lipinski definition) is 3. The highest BCUT2D eigenvalue weighted by Crippen LogP contribution is 2.29. The number of rotatable bonds is 5. The number of nitrogens with one attached hydrogen (secondary N) is 1. The molecule has 1 N–H and O–H groups in total. The van der Waals surface area contributed by atoms with Crippen molar-refractivity contribution in [2.45, 2.75) is 46.8 Å². The quantitative estimate of drug-likeness (QED) is 0.885. The second kappa shape index (κ2) is 7.50. The Labute approximate surface area is 153 Å². The molecule has 0 radical (unpaired) electrons. The average molecular weight is 360 g/mol. The molecule has 1 aliphatic rings. The molecule has 1 amide bonds. The minimum absolute atomic E-state index is 0.112. The molecule has 0 spiro atoms. The highest BCUT2D eigenvalue weighted by molar-refractivity contribution is 5.95. The van der Waals surface area contributed by atoms with E-state index < -0.39 is 0 Å². The summed E-state index contributed by atoms with van der Waals surface area (Å²) < 4.78 is 26.6. The van der Waals surface area contributed by atoms with Gasteiger partial charge < -0.3 is 19.4 Å². The van der Waals surface area contributed by atoms with Gasteiger partial charge in [-0.2, -0.15) is 0 Å². The van der Waals surface area contributed by atoms with E-state index in [9.17, 15) is 9.18 Å². The Morgan fingerprint density at radius 3 is 2.77 bits per heavy atom. The number of amides is 1. The Kier molecular flexibility index (Phi) is 5.32. The highest BCUT2D eigenvalue weighted by atomic mass is 19.1. The van der Waals surface area contributed by atoms with Crippen molar-refractivity contribution in [2.24, 2.45) is 0 Å². The Bertz CT molecular complexity index is 827. The Balaban J connectivity index is 1.68. The molecule has 6 heteroatoms. The highest BCUT2D eigenvalue weighted by Gasteiger charge is 2.19. The van der Waals surface area contributed by atoms with Crippen molar-refractivity contribution in [2.75, 3.05) is 13.3 Å². The lowest BCUT2D eigenvalue weighted by atomic mass is 10.1. The zero-order valence-electron chi connectivity index (χ0n) is 15.7. The number of carbonyl (C=O) groups excluding carboxylic acids is 1. The Morgan fingerprint density at radius 1 is 1.31 bits per heavy atom. The zero-order chi connectivity index (χ0) is 18.8. The minimum atomic E-state index is -0.320. The summed E-state index contributed by atoms with van der Waals surface area (Å²) in [6.07, 6.45) is 0.495. The summed E-state index contributed by atoms with van der Waals surface area (Å²) in [6.45, 7) is 9.06. The van der Waals surface area contributed by atoms with Gasteiger partial charge in [-0.05, 0) is 57.9 Å². The lowest BCUT2D eigenvalue weighted by molar-refractivity contribution is -0.0172. The number of ether oxygens (including phenoxy) is 2. The van der Waals surface area contributed by atoms with E-state index in [4.69, 9.17) is 9.47 Å². The van der Waals surface area contributed by atoms with Crippen LogP contribution in [0.25, 0.3) is 0 Å². The van der Waals surface area contributed by atoms with E-state index >= 15 is 0 Å². The normalized spacial score (nSPS) is 13.5. The molecule has 5 nitrogen and oxygen atoms in total. The van der Waals surface area contributed by atoms with Crippen LogP contribution in [0.2, 0.25) is 0 Å². The third kappa shape index (κ3) is 3.60. The van der Waals surface area contributed by atoms with Crippen LogP contribution in [0, 0.1) is 19.7 Å². The smallest absolute Gasteiger partial charge is 0.253 e. The fraction of sp³-hybridized carbons (Fsp3) is 0.450. The van der Waals surface area contributed by atoms with E-state index in [1.54, 1.807) is 0 Å².